The van der Waals surface area contributed by atoms with Crippen LogP contribution in [-0.4, -0.2) is 16.7 Å². The number of hydrogen-bond acceptors (Lipinski definition) is 4. The van der Waals surface area contributed by atoms with Gasteiger partial charge in [-0.2, -0.15) is 0 Å². The minimum Gasteiger partial charge on any atom is -0.366 e. The SMILES string of the molecule is CC(=O)Nc1ccc([N+](=O)[O-])cc1C(N)=O. The number of nitro groups is 1. The lowest BCUT2D eigenvalue weighted by Gasteiger charge is -2.06. The average Bonchev–Trinajstić information content (AvgIpc) is 2.16. The van der Waals surface area contributed by atoms with E-state index >= 15 is 0 Å². The van der Waals surface area contributed by atoms with Gasteiger partial charge in [0.05, 0.1) is 16.2 Å². The Kier molecular flexibility index (Phi) is 3.19. The first-order valence-corrected chi connectivity index (χ1v) is 4.27. The molecule has 0 fully saturated rings. The Balaban J connectivity index is 3.24. The Hall–Kier alpha value is -2.44. The Morgan fingerprint density at radius 1 is 1.44 bits per heavy atom. The molecule has 1 rings (SSSR count). The third kappa shape index (κ3) is 2.53. The van der Waals surface area contributed by atoms with Crippen molar-refractivity contribution >= 4 is 23.2 Å². The highest BCUT2D eigenvalue weighted by Crippen LogP contribution is 2.21. The van der Waals surface area contributed by atoms with Crippen LogP contribution in [0.1, 0.15) is 17.3 Å². The van der Waals surface area contributed by atoms with Crippen LogP contribution in [0.15, 0.2) is 18.2 Å². The molecule has 0 saturated carbocycles. The maximum atomic E-state index is 11.0. The van der Waals surface area contributed by atoms with E-state index < -0.39 is 16.7 Å². The van der Waals surface area contributed by atoms with Crippen LogP contribution in [-0.2, 0) is 4.79 Å². The molecular formula is C9H9N3O4. The number of nitro benzene ring substituents is 1. The van der Waals surface area contributed by atoms with E-state index in [2.05, 4.69) is 5.32 Å². The van der Waals surface area contributed by atoms with Gasteiger partial charge in [-0.3, -0.25) is 19.7 Å². The molecule has 3 N–H and O–H groups in total. The molecule has 0 aliphatic heterocycles. The molecule has 0 heterocycles. The van der Waals surface area contributed by atoms with Crippen LogP contribution >= 0.6 is 0 Å². The van der Waals surface area contributed by atoms with Gasteiger partial charge in [-0.25, -0.2) is 0 Å². The van der Waals surface area contributed by atoms with E-state index in [0.29, 0.717) is 0 Å². The smallest absolute Gasteiger partial charge is 0.270 e. The molecule has 0 atom stereocenters. The van der Waals surface area contributed by atoms with Crippen molar-refractivity contribution in [3.8, 4) is 0 Å². The van der Waals surface area contributed by atoms with Crippen molar-refractivity contribution in [1.82, 2.24) is 0 Å². The van der Waals surface area contributed by atoms with Crippen LogP contribution in [0.2, 0.25) is 0 Å². The number of nitrogens with one attached hydrogen (secondary N) is 1. The molecule has 0 radical (unpaired) electrons. The minimum absolute atomic E-state index is 0.0931. The van der Waals surface area contributed by atoms with Gasteiger partial charge in [0, 0.05) is 19.1 Å². The zero-order valence-electron chi connectivity index (χ0n) is 8.39. The first-order chi connectivity index (χ1) is 7.41. The largest absolute Gasteiger partial charge is 0.366 e. The van der Waals surface area contributed by atoms with E-state index in [1.165, 1.54) is 19.1 Å². The molecule has 0 saturated heterocycles. The number of carbonyl (C=O) groups excluding carboxylic acids is 2. The Labute approximate surface area is 90.4 Å². The van der Waals surface area contributed by atoms with Gasteiger partial charge in [0.25, 0.3) is 11.6 Å². The fourth-order valence-electron chi connectivity index (χ4n) is 1.15. The second kappa shape index (κ2) is 4.39. The lowest BCUT2D eigenvalue weighted by molar-refractivity contribution is -0.384. The molecule has 0 aliphatic rings. The number of anilines is 1. The summed E-state index contributed by atoms with van der Waals surface area (Å²) in [5.74, 6) is -1.23. The zero-order chi connectivity index (χ0) is 12.3. The number of carbonyl (C=O) groups is 2. The maximum absolute atomic E-state index is 11.0. The topological polar surface area (TPSA) is 115 Å². The van der Waals surface area contributed by atoms with Gasteiger partial charge in [-0.15, -0.1) is 0 Å². The fourth-order valence-corrected chi connectivity index (χ4v) is 1.15. The molecule has 84 valence electrons. The van der Waals surface area contributed by atoms with Crippen LogP contribution in [0.4, 0.5) is 11.4 Å². The van der Waals surface area contributed by atoms with Gasteiger partial charge in [0.2, 0.25) is 5.91 Å². The molecule has 2 amide bonds. The normalized spacial score (nSPS) is 9.56. The monoisotopic (exact) mass is 223 g/mol. The van der Waals surface area contributed by atoms with Crippen LogP contribution in [0.5, 0.6) is 0 Å². The predicted molar refractivity (Wildman–Crippen MR) is 55.9 cm³/mol. The van der Waals surface area contributed by atoms with Crippen LogP contribution in [0.3, 0.4) is 0 Å². The summed E-state index contributed by atoms with van der Waals surface area (Å²) in [6, 6.07) is 3.46. The molecule has 7 nitrogen and oxygen atoms in total. The zero-order valence-corrected chi connectivity index (χ0v) is 8.39. The van der Waals surface area contributed by atoms with E-state index in [1.54, 1.807) is 0 Å². The number of primary amides is 1. The highest BCUT2D eigenvalue weighted by atomic mass is 16.6. The summed E-state index contributed by atoms with van der Waals surface area (Å²) >= 11 is 0. The molecule has 16 heavy (non-hydrogen) atoms. The van der Waals surface area contributed by atoms with Crippen molar-refractivity contribution in [3.05, 3.63) is 33.9 Å². The third-order valence-electron chi connectivity index (χ3n) is 1.79. The van der Waals surface area contributed by atoms with Crippen molar-refractivity contribution < 1.29 is 14.5 Å². The maximum Gasteiger partial charge on any atom is 0.270 e. The summed E-state index contributed by atoms with van der Waals surface area (Å²) in [6.45, 7) is 1.26. The molecule has 1 aromatic rings. The number of hydrogen-bond donors (Lipinski definition) is 2. The molecule has 0 aromatic heterocycles. The lowest BCUT2D eigenvalue weighted by atomic mass is 10.1. The number of amides is 2. The predicted octanol–water partition coefficient (Wildman–Crippen LogP) is 0.652. The number of nitrogens with two attached hydrogens (primary N) is 1. The Morgan fingerprint density at radius 3 is 2.50 bits per heavy atom. The van der Waals surface area contributed by atoms with Gasteiger partial charge < -0.3 is 11.1 Å². The van der Waals surface area contributed by atoms with Crippen LogP contribution in [0.25, 0.3) is 0 Å². The number of non-ortho nitro benzene ring substituents is 1. The minimum atomic E-state index is -0.840. The van der Waals surface area contributed by atoms with E-state index in [9.17, 15) is 19.7 Å². The third-order valence-corrected chi connectivity index (χ3v) is 1.79. The van der Waals surface area contributed by atoms with Gasteiger partial charge in [-0.05, 0) is 6.07 Å². The number of rotatable bonds is 3. The second-order valence-electron chi connectivity index (χ2n) is 3.03. The summed E-state index contributed by atoms with van der Waals surface area (Å²) in [5.41, 5.74) is 4.85. The first kappa shape index (κ1) is 11.6. The summed E-state index contributed by atoms with van der Waals surface area (Å²) in [6.07, 6.45) is 0. The molecule has 7 heteroatoms. The van der Waals surface area contributed by atoms with E-state index in [4.69, 9.17) is 5.73 Å². The average molecular weight is 223 g/mol. The van der Waals surface area contributed by atoms with Crippen molar-refractivity contribution in [3.63, 3.8) is 0 Å². The van der Waals surface area contributed by atoms with E-state index in [0.717, 1.165) is 6.07 Å². The molecule has 1 aromatic carbocycles. The standard InChI is InChI=1S/C9H9N3O4/c1-5(13)11-8-3-2-6(12(15)16)4-7(8)9(10)14/h2-4H,1H3,(H2,10,14)(H,11,13). The van der Waals surface area contributed by atoms with E-state index in [-0.39, 0.29) is 16.9 Å². The van der Waals surface area contributed by atoms with Crippen LogP contribution in [0, 0.1) is 10.1 Å². The second-order valence-corrected chi connectivity index (χ2v) is 3.03. The van der Waals surface area contributed by atoms with Gasteiger partial charge in [0.15, 0.2) is 0 Å². The Morgan fingerprint density at radius 2 is 2.06 bits per heavy atom. The molecule has 0 bridgehead atoms. The van der Waals surface area contributed by atoms with Gasteiger partial charge in [0.1, 0.15) is 0 Å². The summed E-state index contributed by atoms with van der Waals surface area (Å²) in [4.78, 5) is 31.7. The van der Waals surface area contributed by atoms with Crippen molar-refractivity contribution in [1.29, 1.82) is 0 Å². The number of benzene rings is 1. The first-order valence-electron chi connectivity index (χ1n) is 4.27. The van der Waals surface area contributed by atoms with Crippen molar-refractivity contribution in [2.45, 2.75) is 6.92 Å². The van der Waals surface area contributed by atoms with Gasteiger partial charge >= 0.3 is 0 Å². The van der Waals surface area contributed by atoms with Crippen molar-refractivity contribution in [2.75, 3.05) is 5.32 Å². The summed E-state index contributed by atoms with van der Waals surface area (Å²) in [7, 11) is 0. The van der Waals surface area contributed by atoms with E-state index in [1.807, 2.05) is 0 Å². The van der Waals surface area contributed by atoms with Gasteiger partial charge in [-0.1, -0.05) is 0 Å². The quantitative estimate of drug-likeness (QED) is 0.578. The van der Waals surface area contributed by atoms with Crippen molar-refractivity contribution in [2.24, 2.45) is 5.73 Å². The summed E-state index contributed by atoms with van der Waals surface area (Å²) in [5, 5.41) is 12.8. The van der Waals surface area contributed by atoms with Crippen LogP contribution < -0.4 is 11.1 Å². The fraction of sp³-hybridized carbons (Fsp3) is 0.111. The molecule has 0 aliphatic carbocycles. The molecular weight excluding hydrogens is 214 g/mol. The highest BCUT2D eigenvalue weighted by molar-refractivity contribution is 6.03. The Bertz CT molecular complexity index is 470. The summed E-state index contributed by atoms with van der Waals surface area (Å²) < 4.78 is 0. The highest BCUT2D eigenvalue weighted by Gasteiger charge is 2.14. The molecule has 0 spiro atoms. The molecule has 0 unspecified atom stereocenters. The lowest BCUT2D eigenvalue weighted by Crippen LogP contribution is -2.16. The number of nitrogens with zero attached hydrogens (tertiary/aromatic N) is 1.